The number of rotatable bonds is 2. The predicted octanol–water partition coefficient (Wildman–Crippen LogP) is 5.69. The summed E-state index contributed by atoms with van der Waals surface area (Å²) >= 11 is 0. The van der Waals surface area contributed by atoms with Crippen molar-refractivity contribution < 1.29 is 18.0 Å². The summed E-state index contributed by atoms with van der Waals surface area (Å²) in [5.41, 5.74) is -0.442. The Morgan fingerprint density at radius 3 is 2.30 bits per heavy atom. The molecular weight excluding hydrogens is 429 g/mol. The maximum Gasteiger partial charge on any atom is 0.433 e. The third-order valence-electron chi connectivity index (χ3n) is 8.92. The van der Waals surface area contributed by atoms with E-state index < -0.39 is 11.9 Å². The molecule has 4 bridgehead atoms. The third kappa shape index (κ3) is 3.46. The van der Waals surface area contributed by atoms with Crippen LogP contribution in [0.5, 0.6) is 0 Å². The Labute approximate surface area is 191 Å². The van der Waals surface area contributed by atoms with E-state index in [-0.39, 0.29) is 28.7 Å². The summed E-state index contributed by atoms with van der Waals surface area (Å²) in [4.78, 5) is 19.7. The van der Waals surface area contributed by atoms with Gasteiger partial charge in [0.05, 0.1) is 0 Å². The number of hydrogen-bond acceptors (Lipinski definition) is 3. The molecule has 2 aromatic heterocycles. The van der Waals surface area contributed by atoms with Gasteiger partial charge in [-0.1, -0.05) is 0 Å². The molecule has 5 aliphatic rings. The average Bonchev–Trinajstić information content (AvgIpc) is 3.15. The Hall–Kier alpha value is -2.12. The van der Waals surface area contributed by atoms with Crippen molar-refractivity contribution >= 4 is 11.6 Å². The minimum atomic E-state index is -4.57. The molecule has 7 rings (SSSR count). The van der Waals surface area contributed by atoms with Gasteiger partial charge in [0, 0.05) is 29.8 Å². The maximum absolute atomic E-state index is 14.1. The van der Waals surface area contributed by atoms with Crippen LogP contribution in [0.1, 0.15) is 93.0 Å². The van der Waals surface area contributed by atoms with Crippen LogP contribution in [0.15, 0.2) is 12.1 Å². The van der Waals surface area contributed by atoms with E-state index in [1.54, 1.807) is 4.90 Å². The van der Waals surface area contributed by atoms with Gasteiger partial charge in [-0.2, -0.15) is 18.3 Å². The van der Waals surface area contributed by atoms with Gasteiger partial charge in [-0.25, -0.2) is 9.50 Å². The molecule has 0 unspecified atom stereocenters. The van der Waals surface area contributed by atoms with Gasteiger partial charge in [-0.05, 0) is 95.0 Å². The summed E-state index contributed by atoms with van der Waals surface area (Å²) in [6, 6.07) is 2.67. The lowest BCUT2D eigenvalue weighted by Crippen LogP contribution is -2.50. The Morgan fingerprint density at radius 2 is 1.70 bits per heavy atom. The Kier molecular flexibility index (Phi) is 4.67. The van der Waals surface area contributed by atoms with E-state index >= 15 is 0 Å². The molecule has 0 atom stereocenters. The van der Waals surface area contributed by atoms with Crippen molar-refractivity contribution in [1.29, 1.82) is 0 Å². The highest BCUT2D eigenvalue weighted by Gasteiger charge is 2.50. The summed E-state index contributed by atoms with van der Waals surface area (Å²) < 4.78 is 43.2. The quantitative estimate of drug-likeness (QED) is 0.578. The summed E-state index contributed by atoms with van der Waals surface area (Å²) in [5, 5.41) is 4.14. The van der Waals surface area contributed by atoms with Gasteiger partial charge in [0.1, 0.15) is 5.69 Å². The summed E-state index contributed by atoms with van der Waals surface area (Å²) in [7, 11) is 0. The number of carbonyl (C=O) groups is 1. The fourth-order valence-electron chi connectivity index (χ4n) is 7.66. The molecule has 0 N–H and O–H groups in total. The van der Waals surface area contributed by atoms with Gasteiger partial charge in [0.2, 0.25) is 0 Å². The molecule has 1 saturated heterocycles. The molecule has 0 radical (unpaired) electrons. The Balaban J connectivity index is 1.42. The molecule has 2 aromatic rings. The zero-order valence-corrected chi connectivity index (χ0v) is 19.2. The number of likely N-dealkylation sites (tertiary alicyclic amines) is 1. The number of aromatic nitrogens is 3. The first-order valence-electron chi connectivity index (χ1n) is 12.4. The van der Waals surface area contributed by atoms with Crippen molar-refractivity contribution in [1.82, 2.24) is 19.5 Å². The van der Waals surface area contributed by atoms with Gasteiger partial charge in [0.25, 0.3) is 5.91 Å². The van der Waals surface area contributed by atoms with E-state index in [4.69, 9.17) is 4.98 Å². The number of fused-ring (bicyclic) bond motifs is 1. The molecule has 0 aromatic carbocycles. The first kappa shape index (κ1) is 21.4. The molecular formula is C25H31F3N4O. The van der Waals surface area contributed by atoms with Crippen LogP contribution < -0.4 is 0 Å². The molecule has 4 aliphatic carbocycles. The standard InChI is InChI=1S/C25H31F3N4O/c1-24(2)5-3-4-6-31(24)23(33)19-13-21-29-18(12-20(25(26,27)28)32(21)30-19)22-16-8-14-7-15(10-16)11-17(22)9-14/h12-17,22H,3-11H2,1-2H3. The zero-order chi connectivity index (χ0) is 23.1. The lowest BCUT2D eigenvalue weighted by molar-refractivity contribution is -0.142. The SMILES string of the molecule is CC1(C)CCCCN1C(=O)c1cc2nc(C3C4CC5CC(C4)CC3C5)cc(C(F)(F)F)n2n1. The number of halogens is 3. The van der Waals surface area contributed by atoms with E-state index in [1.165, 1.54) is 18.6 Å². The van der Waals surface area contributed by atoms with Crippen LogP contribution in [-0.4, -0.2) is 37.5 Å². The smallest absolute Gasteiger partial charge is 0.332 e. The largest absolute Gasteiger partial charge is 0.433 e. The van der Waals surface area contributed by atoms with Gasteiger partial charge in [-0.15, -0.1) is 0 Å². The van der Waals surface area contributed by atoms with E-state index in [0.717, 1.165) is 61.3 Å². The van der Waals surface area contributed by atoms with Crippen LogP contribution in [0.3, 0.4) is 0 Å². The summed E-state index contributed by atoms with van der Waals surface area (Å²) in [5.74, 6) is 2.10. The Bertz CT molecular complexity index is 1080. The normalized spacial score (nSPS) is 33.1. The molecule has 3 heterocycles. The fraction of sp³-hybridized carbons (Fsp3) is 0.720. The van der Waals surface area contributed by atoms with Crippen LogP contribution in [0.2, 0.25) is 0 Å². The number of hydrogen-bond donors (Lipinski definition) is 0. The van der Waals surface area contributed by atoms with Gasteiger partial charge >= 0.3 is 6.18 Å². The lowest BCUT2D eigenvalue weighted by Gasteiger charge is -2.54. The molecule has 1 aliphatic heterocycles. The fourth-order valence-corrected chi connectivity index (χ4v) is 7.66. The minimum Gasteiger partial charge on any atom is -0.332 e. The molecule has 1 amide bonds. The summed E-state index contributed by atoms with van der Waals surface area (Å²) in [6.07, 6.45) is 3.96. The maximum atomic E-state index is 14.1. The molecule has 178 valence electrons. The van der Waals surface area contributed by atoms with Crippen molar-refractivity contribution in [2.24, 2.45) is 23.7 Å². The number of carbonyl (C=O) groups excluding carboxylic acids is 1. The molecule has 5 fully saturated rings. The summed E-state index contributed by atoms with van der Waals surface area (Å²) in [6.45, 7) is 4.60. The number of piperidine rings is 1. The highest BCUT2D eigenvalue weighted by molar-refractivity contribution is 5.94. The van der Waals surface area contributed by atoms with E-state index in [1.807, 2.05) is 13.8 Å². The zero-order valence-electron chi connectivity index (χ0n) is 19.2. The molecule has 4 saturated carbocycles. The molecule has 33 heavy (non-hydrogen) atoms. The molecule has 5 nitrogen and oxygen atoms in total. The monoisotopic (exact) mass is 460 g/mol. The van der Waals surface area contributed by atoms with Crippen molar-refractivity contribution in [2.75, 3.05) is 6.54 Å². The van der Waals surface area contributed by atoms with Crippen molar-refractivity contribution in [2.45, 2.75) is 82.8 Å². The van der Waals surface area contributed by atoms with E-state index in [2.05, 4.69) is 5.10 Å². The third-order valence-corrected chi connectivity index (χ3v) is 8.92. The highest BCUT2D eigenvalue weighted by atomic mass is 19.4. The van der Waals surface area contributed by atoms with Gasteiger partial charge in [0.15, 0.2) is 11.3 Å². The van der Waals surface area contributed by atoms with Crippen LogP contribution in [-0.2, 0) is 6.18 Å². The lowest BCUT2D eigenvalue weighted by atomic mass is 9.51. The number of amides is 1. The second-order valence-corrected chi connectivity index (χ2v) is 11.5. The molecule has 0 spiro atoms. The Morgan fingerprint density at radius 1 is 1.03 bits per heavy atom. The highest BCUT2D eigenvalue weighted by Crippen LogP contribution is 2.59. The second kappa shape index (κ2) is 7.19. The van der Waals surface area contributed by atoms with Crippen LogP contribution in [0, 0.1) is 23.7 Å². The van der Waals surface area contributed by atoms with Crippen LogP contribution >= 0.6 is 0 Å². The van der Waals surface area contributed by atoms with Crippen LogP contribution in [0.25, 0.3) is 5.65 Å². The first-order chi connectivity index (χ1) is 15.6. The van der Waals surface area contributed by atoms with E-state index in [0.29, 0.717) is 24.1 Å². The van der Waals surface area contributed by atoms with Crippen molar-refractivity contribution in [3.05, 3.63) is 29.2 Å². The average molecular weight is 461 g/mol. The van der Waals surface area contributed by atoms with Crippen molar-refractivity contribution in [3.8, 4) is 0 Å². The van der Waals surface area contributed by atoms with Gasteiger partial charge < -0.3 is 4.90 Å². The predicted molar refractivity (Wildman–Crippen MR) is 117 cm³/mol. The van der Waals surface area contributed by atoms with Crippen molar-refractivity contribution in [3.63, 3.8) is 0 Å². The number of alkyl halides is 3. The topological polar surface area (TPSA) is 50.5 Å². The van der Waals surface area contributed by atoms with Crippen LogP contribution in [0.4, 0.5) is 13.2 Å². The van der Waals surface area contributed by atoms with E-state index in [9.17, 15) is 18.0 Å². The second-order valence-electron chi connectivity index (χ2n) is 11.5. The minimum absolute atomic E-state index is 0.0465. The van der Waals surface area contributed by atoms with Gasteiger partial charge in [-0.3, -0.25) is 4.79 Å². The molecule has 8 heteroatoms. The first-order valence-corrected chi connectivity index (χ1v) is 12.4. The number of nitrogens with zero attached hydrogens (tertiary/aromatic N) is 4.